The Kier molecular flexibility index (Phi) is 7.53. The second-order valence-electron chi connectivity index (χ2n) is 5.11. The van der Waals surface area contributed by atoms with Crippen molar-refractivity contribution in [3.63, 3.8) is 0 Å². The van der Waals surface area contributed by atoms with Crippen LogP contribution in [0.5, 0.6) is 0 Å². The van der Waals surface area contributed by atoms with E-state index in [-0.39, 0.29) is 0 Å². The molecule has 0 aliphatic rings. The Morgan fingerprint density at radius 1 is 1.05 bits per heavy atom. The molecule has 0 amide bonds. The Hall–Kier alpha value is -1.81. The minimum Gasteiger partial charge on any atom is -0.357 e. The quantitative estimate of drug-likeness (QED) is 0.444. The smallest absolute Gasteiger partial charge is 0.191 e. The van der Waals surface area contributed by atoms with Crippen molar-refractivity contribution in [3.05, 3.63) is 58.3 Å². The largest absolute Gasteiger partial charge is 0.357 e. The average Bonchev–Trinajstić information content (AvgIpc) is 3.06. The number of aryl methyl sites for hydroxylation is 1. The molecule has 2 aromatic rings. The van der Waals surface area contributed by atoms with E-state index >= 15 is 0 Å². The summed E-state index contributed by atoms with van der Waals surface area (Å²) in [7, 11) is 0. The summed E-state index contributed by atoms with van der Waals surface area (Å²) in [6.45, 7) is 4.76. The first-order valence-electron chi connectivity index (χ1n) is 7.97. The molecule has 1 aromatic carbocycles. The van der Waals surface area contributed by atoms with Gasteiger partial charge in [-0.05, 0) is 43.2 Å². The maximum Gasteiger partial charge on any atom is 0.191 e. The maximum atomic E-state index is 4.65. The van der Waals surface area contributed by atoms with Crippen LogP contribution in [-0.2, 0) is 12.8 Å². The first-order valence-corrected chi connectivity index (χ1v) is 8.85. The van der Waals surface area contributed by atoms with Crippen LogP contribution in [0.1, 0.15) is 23.8 Å². The maximum absolute atomic E-state index is 4.65. The Morgan fingerprint density at radius 3 is 2.64 bits per heavy atom. The lowest BCUT2D eigenvalue weighted by Gasteiger charge is -2.10. The average molecular weight is 315 g/mol. The Balaban J connectivity index is 1.69. The molecule has 2 N–H and O–H groups in total. The fourth-order valence-corrected chi connectivity index (χ4v) is 2.93. The van der Waals surface area contributed by atoms with Gasteiger partial charge in [-0.3, -0.25) is 4.99 Å². The molecule has 1 heterocycles. The zero-order valence-corrected chi connectivity index (χ0v) is 14.0. The van der Waals surface area contributed by atoms with Crippen LogP contribution in [0.3, 0.4) is 0 Å². The van der Waals surface area contributed by atoms with E-state index < -0.39 is 0 Å². The van der Waals surface area contributed by atoms with Gasteiger partial charge in [-0.2, -0.15) is 0 Å². The molecular weight excluding hydrogens is 290 g/mol. The Morgan fingerprint density at radius 2 is 1.91 bits per heavy atom. The van der Waals surface area contributed by atoms with Crippen molar-refractivity contribution in [1.29, 1.82) is 0 Å². The number of hydrogen-bond donors (Lipinski definition) is 2. The second-order valence-corrected chi connectivity index (χ2v) is 6.14. The molecule has 0 aliphatic carbocycles. The summed E-state index contributed by atoms with van der Waals surface area (Å²) in [6, 6.07) is 14.9. The van der Waals surface area contributed by atoms with Crippen molar-refractivity contribution < 1.29 is 0 Å². The van der Waals surface area contributed by atoms with Crippen LogP contribution in [0.15, 0.2) is 52.8 Å². The highest BCUT2D eigenvalue weighted by atomic mass is 32.1. The molecule has 0 saturated carbocycles. The van der Waals surface area contributed by atoms with E-state index in [1.165, 1.54) is 10.4 Å². The molecular formula is C18H25N3S. The van der Waals surface area contributed by atoms with Crippen LogP contribution in [0.2, 0.25) is 0 Å². The van der Waals surface area contributed by atoms with Gasteiger partial charge >= 0.3 is 0 Å². The van der Waals surface area contributed by atoms with Crippen molar-refractivity contribution in [2.45, 2.75) is 26.2 Å². The highest BCUT2D eigenvalue weighted by Crippen LogP contribution is 2.08. The lowest BCUT2D eigenvalue weighted by molar-refractivity contribution is 0.779. The summed E-state index contributed by atoms with van der Waals surface area (Å²) < 4.78 is 0. The second kappa shape index (κ2) is 10.0. The number of thiophene rings is 1. The molecule has 4 heteroatoms. The molecule has 0 unspecified atom stereocenters. The van der Waals surface area contributed by atoms with E-state index in [0.717, 1.165) is 44.9 Å². The molecule has 22 heavy (non-hydrogen) atoms. The summed E-state index contributed by atoms with van der Waals surface area (Å²) in [5, 5.41) is 8.83. The topological polar surface area (TPSA) is 36.4 Å². The van der Waals surface area contributed by atoms with Gasteiger partial charge in [-0.25, -0.2) is 0 Å². The monoisotopic (exact) mass is 315 g/mol. The van der Waals surface area contributed by atoms with Gasteiger partial charge in [0, 0.05) is 24.5 Å². The van der Waals surface area contributed by atoms with E-state index in [0.29, 0.717) is 0 Å². The standard InChI is InChI=1S/C18H25N3S/c1-2-19-18(21-14-12-17-11-7-15-22-17)20-13-6-10-16-8-4-3-5-9-16/h3-5,7-9,11,15H,2,6,10,12-14H2,1H3,(H2,19,20,21). The fraction of sp³-hybridized carbons (Fsp3) is 0.389. The molecule has 0 bridgehead atoms. The van der Waals surface area contributed by atoms with Crippen LogP contribution in [0, 0.1) is 0 Å². The summed E-state index contributed by atoms with van der Waals surface area (Å²) in [6.07, 6.45) is 3.20. The van der Waals surface area contributed by atoms with E-state index in [1.54, 1.807) is 11.3 Å². The lowest BCUT2D eigenvalue weighted by Crippen LogP contribution is -2.38. The molecule has 0 fully saturated rings. The normalized spacial score (nSPS) is 11.4. The minimum atomic E-state index is 0.850. The molecule has 2 rings (SSSR count). The zero-order valence-electron chi connectivity index (χ0n) is 13.2. The molecule has 0 aliphatic heterocycles. The summed E-state index contributed by atoms with van der Waals surface area (Å²) in [5.74, 6) is 0.923. The van der Waals surface area contributed by atoms with E-state index in [4.69, 9.17) is 0 Å². The van der Waals surface area contributed by atoms with Crippen LogP contribution in [0.25, 0.3) is 0 Å². The van der Waals surface area contributed by atoms with Gasteiger partial charge in [-0.1, -0.05) is 36.4 Å². The molecule has 118 valence electrons. The molecule has 0 saturated heterocycles. The number of benzene rings is 1. The summed E-state index contributed by atoms with van der Waals surface area (Å²) >= 11 is 1.81. The third-order valence-electron chi connectivity index (χ3n) is 3.32. The molecule has 1 aromatic heterocycles. The number of hydrogen-bond acceptors (Lipinski definition) is 2. The highest BCUT2D eigenvalue weighted by Gasteiger charge is 1.98. The van der Waals surface area contributed by atoms with Crippen molar-refractivity contribution in [2.75, 3.05) is 19.6 Å². The van der Waals surface area contributed by atoms with Crippen LogP contribution in [0.4, 0.5) is 0 Å². The van der Waals surface area contributed by atoms with Crippen molar-refractivity contribution >= 4 is 17.3 Å². The minimum absolute atomic E-state index is 0.850. The predicted octanol–water partition coefficient (Wildman–Crippen LogP) is 3.48. The predicted molar refractivity (Wildman–Crippen MR) is 96.8 cm³/mol. The van der Waals surface area contributed by atoms with Gasteiger partial charge in [0.15, 0.2) is 5.96 Å². The number of aliphatic imine (C=N–C) groups is 1. The third kappa shape index (κ3) is 6.31. The van der Waals surface area contributed by atoms with Gasteiger partial charge in [0.1, 0.15) is 0 Å². The number of nitrogens with one attached hydrogen (secondary N) is 2. The first-order chi connectivity index (χ1) is 10.9. The van der Waals surface area contributed by atoms with E-state index in [9.17, 15) is 0 Å². The van der Waals surface area contributed by atoms with Gasteiger partial charge in [-0.15, -0.1) is 11.3 Å². The lowest BCUT2D eigenvalue weighted by atomic mass is 10.1. The molecule has 3 nitrogen and oxygen atoms in total. The number of nitrogens with zero attached hydrogens (tertiary/aromatic N) is 1. The SMILES string of the molecule is CCNC(=NCCCc1ccccc1)NCCc1cccs1. The van der Waals surface area contributed by atoms with Gasteiger partial charge in [0.2, 0.25) is 0 Å². The van der Waals surface area contributed by atoms with Crippen LogP contribution < -0.4 is 10.6 Å². The molecule has 0 radical (unpaired) electrons. The first kappa shape index (κ1) is 16.6. The number of rotatable bonds is 8. The van der Waals surface area contributed by atoms with Crippen molar-refractivity contribution in [1.82, 2.24) is 10.6 Å². The van der Waals surface area contributed by atoms with Crippen molar-refractivity contribution in [2.24, 2.45) is 4.99 Å². The van der Waals surface area contributed by atoms with E-state index in [2.05, 4.69) is 70.4 Å². The fourth-order valence-electron chi connectivity index (χ4n) is 2.22. The van der Waals surface area contributed by atoms with Gasteiger partial charge in [0.05, 0.1) is 0 Å². The van der Waals surface area contributed by atoms with Crippen LogP contribution >= 0.6 is 11.3 Å². The van der Waals surface area contributed by atoms with Gasteiger partial charge in [0.25, 0.3) is 0 Å². The Bertz CT molecular complexity index is 535. The number of guanidine groups is 1. The summed E-state index contributed by atoms with van der Waals surface area (Å²) in [4.78, 5) is 6.05. The highest BCUT2D eigenvalue weighted by molar-refractivity contribution is 7.09. The van der Waals surface area contributed by atoms with E-state index in [1.807, 2.05) is 0 Å². The summed E-state index contributed by atoms with van der Waals surface area (Å²) in [5.41, 5.74) is 1.38. The Labute approximate surface area is 137 Å². The molecule has 0 spiro atoms. The molecule has 0 atom stereocenters. The zero-order chi connectivity index (χ0) is 15.5. The van der Waals surface area contributed by atoms with Crippen LogP contribution in [-0.4, -0.2) is 25.6 Å². The van der Waals surface area contributed by atoms with Crippen molar-refractivity contribution in [3.8, 4) is 0 Å². The third-order valence-corrected chi connectivity index (χ3v) is 4.26. The van der Waals surface area contributed by atoms with Gasteiger partial charge < -0.3 is 10.6 Å².